The van der Waals surface area contributed by atoms with Gasteiger partial charge in [-0.25, -0.2) is 4.98 Å². The van der Waals surface area contributed by atoms with Crippen LogP contribution < -0.4 is 10.9 Å². The van der Waals surface area contributed by atoms with Crippen molar-refractivity contribution in [2.45, 2.75) is 25.9 Å². The van der Waals surface area contributed by atoms with Gasteiger partial charge in [0.1, 0.15) is 5.82 Å². The molecule has 0 radical (unpaired) electrons. The maximum absolute atomic E-state index is 13.3. The normalized spacial score (nSPS) is 16.5. The number of fused-ring (bicyclic) bond motifs is 1. The van der Waals surface area contributed by atoms with Crippen molar-refractivity contribution in [1.82, 2.24) is 19.8 Å². The van der Waals surface area contributed by atoms with E-state index in [2.05, 4.69) is 29.3 Å². The largest absolute Gasteiger partial charge is 0.314 e. The van der Waals surface area contributed by atoms with Crippen LogP contribution >= 0.6 is 0 Å². The molecule has 0 aliphatic carbocycles. The number of rotatable bonds is 5. The van der Waals surface area contributed by atoms with Crippen LogP contribution in [0.3, 0.4) is 0 Å². The highest BCUT2D eigenvalue weighted by molar-refractivity contribution is 5.77. The van der Waals surface area contributed by atoms with Gasteiger partial charge in [0, 0.05) is 26.2 Å². The SMILES string of the molecule is CCC(c1nc2ccccc2c(=O)n1Cc1ccccc1)N1CCNCC1. The lowest BCUT2D eigenvalue weighted by atomic mass is 10.1. The fraction of sp³-hybridized carbons (Fsp3) is 0.364. The first-order valence-corrected chi connectivity index (χ1v) is 9.76. The Bertz CT molecular complexity index is 961. The van der Waals surface area contributed by atoms with Gasteiger partial charge in [0.25, 0.3) is 5.56 Å². The van der Waals surface area contributed by atoms with E-state index in [1.165, 1.54) is 0 Å². The second-order valence-corrected chi connectivity index (χ2v) is 7.07. The molecule has 1 atom stereocenters. The van der Waals surface area contributed by atoms with Crippen molar-refractivity contribution in [3.63, 3.8) is 0 Å². The molecule has 0 bridgehead atoms. The Labute approximate surface area is 159 Å². The van der Waals surface area contributed by atoms with Crippen LogP contribution in [0.5, 0.6) is 0 Å². The second-order valence-electron chi connectivity index (χ2n) is 7.07. The summed E-state index contributed by atoms with van der Waals surface area (Å²) in [7, 11) is 0. The van der Waals surface area contributed by atoms with Crippen molar-refractivity contribution in [2.24, 2.45) is 0 Å². The number of hydrogen-bond donors (Lipinski definition) is 1. The average molecular weight is 362 g/mol. The summed E-state index contributed by atoms with van der Waals surface area (Å²) in [6, 6.07) is 18.0. The van der Waals surface area contributed by atoms with E-state index in [1.54, 1.807) is 0 Å². The first-order valence-electron chi connectivity index (χ1n) is 9.76. The lowest BCUT2D eigenvalue weighted by molar-refractivity contribution is 0.159. The summed E-state index contributed by atoms with van der Waals surface area (Å²) < 4.78 is 1.88. The zero-order chi connectivity index (χ0) is 18.6. The topological polar surface area (TPSA) is 50.2 Å². The molecule has 1 aromatic heterocycles. The fourth-order valence-electron chi connectivity index (χ4n) is 3.96. The summed E-state index contributed by atoms with van der Waals surface area (Å²) in [4.78, 5) is 20.8. The minimum Gasteiger partial charge on any atom is -0.314 e. The molecule has 1 unspecified atom stereocenters. The third-order valence-corrected chi connectivity index (χ3v) is 5.35. The zero-order valence-corrected chi connectivity index (χ0v) is 15.8. The first-order chi connectivity index (χ1) is 13.3. The van der Waals surface area contributed by atoms with Crippen molar-refractivity contribution >= 4 is 10.9 Å². The van der Waals surface area contributed by atoms with E-state index in [4.69, 9.17) is 4.98 Å². The number of benzene rings is 2. The van der Waals surface area contributed by atoms with Gasteiger partial charge in [0.15, 0.2) is 0 Å². The number of nitrogens with zero attached hydrogens (tertiary/aromatic N) is 3. The van der Waals surface area contributed by atoms with Gasteiger partial charge in [-0.3, -0.25) is 14.3 Å². The van der Waals surface area contributed by atoms with Gasteiger partial charge in [-0.05, 0) is 24.1 Å². The summed E-state index contributed by atoms with van der Waals surface area (Å²) >= 11 is 0. The predicted molar refractivity (Wildman–Crippen MR) is 109 cm³/mol. The predicted octanol–water partition coefficient (Wildman–Crippen LogP) is 2.80. The maximum atomic E-state index is 13.3. The highest BCUT2D eigenvalue weighted by Crippen LogP contribution is 2.24. The van der Waals surface area contributed by atoms with Gasteiger partial charge in [-0.15, -0.1) is 0 Å². The van der Waals surface area contributed by atoms with E-state index in [-0.39, 0.29) is 11.6 Å². The molecule has 0 spiro atoms. The van der Waals surface area contributed by atoms with Crippen LogP contribution in [0.4, 0.5) is 0 Å². The molecule has 140 valence electrons. The van der Waals surface area contributed by atoms with Gasteiger partial charge in [0.05, 0.1) is 23.5 Å². The minimum atomic E-state index is 0.0491. The number of nitrogens with one attached hydrogen (secondary N) is 1. The molecule has 5 nitrogen and oxygen atoms in total. The number of hydrogen-bond acceptors (Lipinski definition) is 4. The Morgan fingerprint density at radius 3 is 2.48 bits per heavy atom. The number of aromatic nitrogens is 2. The molecule has 1 aliphatic rings. The van der Waals surface area contributed by atoms with E-state index >= 15 is 0 Å². The Kier molecular flexibility index (Phi) is 5.32. The van der Waals surface area contributed by atoms with E-state index in [0.29, 0.717) is 11.9 Å². The summed E-state index contributed by atoms with van der Waals surface area (Å²) in [5.74, 6) is 0.881. The Balaban J connectivity index is 1.86. The molecule has 3 aromatic rings. The van der Waals surface area contributed by atoms with Crippen LogP contribution in [-0.4, -0.2) is 40.6 Å². The molecule has 1 aliphatic heterocycles. The third-order valence-electron chi connectivity index (χ3n) is 5.35. The summed E-state index contributed by atoms with van der Waals surface area (Å²) in [5.41, 5.74) is 1.96. The number of para-hydroxylation sites is 1. The second kappa shape index (κ2) is 8.03. The fourth-order valence-corrected chi connectivity index (χ4v) is 3.96. The molecule has 0 saturated carbocycles. The van der Waals surface area contributed by atoms with Crippen molar-refractivity contribution in [3.8, 4) is 0 Å². The van der Waals surface area contributed by atoms with Crippen LogP contribution in [0.1, 0.15) is 30.8 Å². The van der Waals surface area contributed by atoms with Gasteiger partial charge in [0.2, 0.25) is 0 Å². The van der Waals surface area contributed by atoms with Crippen LogP contribution in [0.2, 0.25) is 0 Å². The maximum Gasteiger partial charge on any atom is 0.261 e. The quantitative estimate of drug-likeness (QED) is 0.758. The van der Waals surface area contributed by atoms with Crippen molar-refractivity contribution in [1.29, 1.82) is 0 Å². The monoisotopic (exact) mass is 362 g/mol. The van der Waals surface area contributed by atoms with Gasteiger partial charge in [-0.1, -0.05) is 49.4 Å². The summed E-state index contributed by atoms with van der Waals surface area (Å²) in [6.45, 7) is 6.65. The molecule has 1 saturated heterocycles. The molecule has 2 aromatic carbocycles. The lowest BCUT2D eigenvalue weighted by Gasteiger charge is -2.35. The summed E-state index contributed by atoms with van der Waals surface area (Å²) in [5, 5.41) is 4.10. The van der Waals surface area contributed by atoms with Crippen molar-refractivity contribution in [3.05, 3.63) is 76.3 Å². The molecule has 4 rings (SSSR count). The van der Waals surface area contributed by atoms with E-state index in [1.807, 2.05) is 47.0 Å². The van der Waals surface area contributed by atoms with Crippen LogP contribution in [0.15, 0.2) is 59.4 Å². The van der Waals surface area contributed by atoms with Crippen LogP contribution in [0, 0.1) is 0 Å². The molecule has 27 heavy (non-hydrogen) atoms. The zero-order valence-electron chi connectivity index (χ0n) is 15.8. The van der Waals surface area contributed by atoms with Gasteiger partial charge >= 0.3 is 0 Å². The molecule has 1 N–H and O–H groups in total. The standard InChI is InChI=1S/C22H26N4O/c1-2-20(25-14-12-23-13-15-25)21-24-19-11-7-6-10-18(19)22(27)26(21)16-17-8-4-3-5-9-17/h3-11,20,23H,2,12-16H2,1H3. The average Bonchev–Trinajstić information content (AvgIpc) is 2.73. The van der Waals surface area contributed by atoms with E-state index in [9.17, 15) is 4.79 Å². The van der Waals surface area contributed by atoms with Gasteiger partial charge < -0.3 is 5.32 Å². The molecule has 0 amide bonds. The van der Waals surface area contributed by atoms with Crippen molar-refractivity contribution < 1.29 is 0 Å². The minimum absolute atomic E-state index is 0.0491. The van der Waals surface area contributed by atoms with Crippen LogP contribution in [0.25, 0.3) is 10.9 Å². The third kappa shape index (κ3) is 3.66. The van der Waals surface area contributed by atoms with Crippen LogP contribution in [-0.2, 0) is 6.54 Å². The molecular weight excluding hydrogens is 336 g/mol. The summed E-state index contributed by atoms with van der Waals surface area (Å²) in [6.07, 6.45) is 0.930. The molecule has 2 heterocycles. The Morgan fingerprint density at radius 2 is 1.74 bits per heavy atom. The van der Waals surface area contributed by atoms with Gasteiger partial charge in [-0.2, -0.15) is 0 Å². The smallest absolute Gasteiger partial charge is 0.261 e. The first kappa shape index (κ1) is 17.9. The highest BCUT2D eigenvalue weighted by Gasteiger charge is 2.25. The Morgan fingerprint density at radius 1 is 1.04 bits per heavy atom. The van der Waals surface area contributed by atoms with E-state index in [0.717, 1.165) is 49.5 Å². The number of piperazine rings is 1. The van der Waals surface area contributed by atoms with E-state index < -0.39 is 0 Å². The van der Waals surface area contributed by atoms with Crippen molar-refractivity contribution in [2.75, 3.05) is 26.2 Å². The molecular formula is C22H26N4O. The Hall–Kier alpha value is -2.50. The highest BCUT2D eigenvalue weighted by atomic mass is 16.1. The molecule has 1 fully saturated rings. The lowest BCUT2D eigenvalue weighted by Crippen LogP contribution is -2.46. The molecule has 5 heteroatoms.